The van der Waals surface area contributed by atoms with Gasteiger partial charge in [0.15, 0.2) is 0 Å². The monoisotopic (exact) mass is 249 g/mol. The smallest absolute Gasteiger partial charge is 0.324 e. The fraction of sp³-hybridized carbons (Fsp3) is 0.333. The van der Waals surface area contributed by atoms with E-state index in [1.807, 2.05) is 31.3 Å². The summed E-state index contributed by atoms with van der Waals surface area (Å²) < 4.78 is 5.46. The van der Waals surface area contributed by atoms with Crippen molar-refractivity contribution in [3.8, 4) is 5.75 Å². The fourth-order valence-electron chi connectivity index (χ4n) is 1.65. The zero-order valence-electron chi connectivity index (χ0n) is 10.1. The van der Waals surface area contributed by atoms with Gasteiger partial charge < -0.3 is 15.4 Å². The first-order valence-electron chi connectivity index (χ1n) is 5.69. The van der Waals surface area contributed by atoms with Gasteiger partial charge in [-0.1, -0.05) is 0 Å². The summed E-state index contributed by atoms with van der Waals surface area (Å²) in [5.74, 6) is 0.496. The van der Waals surface area contributed by atoms with Crippen molar-refractivity contribution in [1.82, 2.24) is 10.2 Å². The predicted octanol–water partition coefficient (Wildman–Crippen LogP) is 0.659. The maximum absolute atomic E-state index is 11.3. The minimum atomic E-state index is -0.353. The molecule has 0 bridgehead atoms. The quantitative estimate of drug-likeness (QED) is 0.752. The minimum absolute atomic E-state index is 0.0791. The number of imide groups is 1. The molecule has 1 aromatic carbocycles. The van der Waals surface area contributed by atoms with Crippen molar-refractivity contribution >= 4 is 17.6 Å². The molecule has 0 unspecified atom stereocenters. The molecule has 0 atom stereocenters. The third kappa shape index (κ3) is 2.71. The second-order valence-electron chi connectivity index (χ2n) is 3.83. The van der Waals surface area contributed by atoms with Crippen LogP contribution in [0.15, 0.2) is 24.3 Å². The number of carbonyl (C=O) groups is 2. The van der Waals surface area contributed by atoms with Crippen molar-refractivity contribution in [2.24, 2.45) is 0 Å². The Morgan fingerprint density at radius 1 is 1.33 bits per heavy atom. The molecule has 6 heteroatoms. The van der Waals surface area contributed by atoms with Gasteiger partial charge in [-0.05, 0) is 24.3 Å². The van der Waals surface area contributed by atoms with Crippen molar-refractivity contribution in [3.63, 3.8) is 0 Å². The summed E-state index contributed by atoms with van der Waals surface area (Å²) >= 11 is 0. The fourth-order valence-corrected chi connectivity index (χ4v) is 1.65. The van der Waals surface area contributed by atoms with Gasteiger partial charge in [0, 0.05) is 12.7 Å². The number of anilines is 1. The molecule has 0 spiro atoms. The van der Waals surface area contributed by atoms with Gasteiger partial charge >= 0.3 is 6.03 Å². The molecule has 0 aliphatic carbocycles. The van der Waals surface area contributed by atoms with E-state index in [9.17, 15) is 9.59 Å². The molecule has 3 amide bonds. The number of amides is 3. The number of urea groups is 1. The lowest BCUT2D eigenvalue weighted by molar-refractivity contribution is -0.125. The van der Waals surface area contributed by atoms with Crippen molar-refractivity contribution in [3.05, 3.63) is 24.3 Å². The molecular formula is C12H15N3O3. The number of hydrogen-bond acceptors (Lipinski definition) is 4. The lowest BCUT2D eigenvalue weighted by atomic mass is 10.3. The third-order valence-corrected chi connectivity index (χ3v) is 2.66. The van der Waals surface area contributed by atoms with Gasteiger partial charge in [0.05, 0.1) is 13.1 Å². The molecule has 1 heterocycles. The molecule has 1 aliphatic heterocycles. The van der Waals surface area contributed by atoms with Crippen LogP contribution in [0.2, 0.25) is 0 Å². The molecular weight excluding hydrogens is 234 g/mol. The van der Waals surface area contributed by atoms with E-state index in [0.717, 1.165) is 10.6 Å². The van der Waals surface area contributed by atoms with Gasteiger partial charge in [-0.2, -0.15) is 0 Å². The van der Waals surface area contributed by atoms with E-state index < -0.39 is 0 Å². The van der Waals surface area contributed by atoms with E-state index in [1.54, 1.807) is 0 Å². The van der Waals surface area contributed by atoms with Crippen LogP contribution in [0.1, 0.15) is 0 Å². The van der Waals surface area contributed by atoms with Gasteiger partial charge in [-0.25, -0.2) is 4.79 Å². The number of hydrogen-bond donors (Lipinski definition) is 2. The normalized spacial score (nSPS) is 14.6. The summed E-state index contributed by atoms with van der Waals surface area (Å²) in [6.07, 6.45) is 0. The number of benzene rings is 1. The first-order chi connectivity index (χ1) is 8.70. The van der Waals surface area contributed by atoms with E-state index in [1.165, 1.54) is 0 Å². The van der Waals surface area contributed by atoms with Gasteiger partial charge in [-0.15, -0.1) is 0 Å². The Morgan fingerprint density at radius 3 is 2.61 bits per heavy atom. The van der Waals surface area contributed by atoms with Crippen LogP contribution in [-0.2, 0) is 4.79 Å². The topological polar surface area (TPSA) is 70.7 Å². The van der Waals surface area contributed by atoms with Crippen molar-refractivity contribution in [2.45, 2.75) is 0 Å². The van der Waals surface area contributed by atoms with E-state index >= 15 is 0 Å². The molecule has 2 rings (SSSR count). The van der Waals surface area contributed by atoms with Gasteiger partial charge in [0.1, 0.15) is 12.4 Å². The highest BCUT2D eigenvalue weighted by Crippen LogP contribution is 2.15. The van der Waals surface area contributed by atoms with Crippen LogP contribution in [0.3, 0.4) is 0 Å². The average Bonchev–Trinajstić information content (AvgIpc) is 2.71. The molecule has 0 radical (unpaired) electrons. The highest BCUT2D eigenvalue weighted by molar-refractivity contribution is 6.01. The Bertz CT molecular complexity index is 428. The standard InChI is InChI=1S/C12H15N3O3/c1-13-9-2-4-10(5-3-9)18-7-6-15-11(16)8-14-12(15)17/h2-5,13H,6-8H2,1H3,(H,14,17). The Kier molecular flexibility index (Phi) is 3.66. The lowest BCUT2D eigenvalue weighted by Gasteiger charge is -2.13. The summed E-state index contributed by atoms with van der Waals surface area (Å²) in [7, 11) is 1.84. The van der Waals surface area contributed by atoms with Crippen LogP contribution in [0, 0.1) is 0 Å². The van der Waals surface area contributed by atoms with Crippen molar-refractivity contribution < 1.29 is 14.3 Å². The molecule has 0 aromatic heterocycles. The Balaban J connectivity index is 1.81. The molecule has 1 aliphatic rings. The second-order valence-corrected chi connectivity index (χ2v) is 3.83. The Labute approximate surface area is 105 Å². The van der Waals surface area contributed by atoms with Crippen LogP contribution < -0.4 is 15.4 Å². The van der Waals surface area contributed by atoms with Crippen LogP contribution in [0.5, 0.6) is 5.75 Å². The summed E-state index contributed by atoms with van der Waals surface area (Å²) in [6, 6.07) is 7.09. The number of rotatable bonds is 5. The molecule has 1 saturated heterocycles. The lowest BCUT2D eigenvalue weighted by Crippen LogP contribution is -2.34. The van der Waals surface area contributed by atoms with Gasteiger partial charge in [0.2, 0.25) is 5.91 Å². The maximum Gasteiger partial charge on any atom is 0.324 e. The largest absolute Gasteiger partial charge is 0.492 e. The molecule has 6 nitrogen and oxygen atoms in total. The number of nitrogens with zero attached hydrogens (tertiary/aromatic N) is 1. The predicted molar refractivity (Wildman–Crippen MR) is 66.6 cm³/mol. The van der Waals surface area contributed by atoms with Crippen LogP contribution in [0.25, 0.3) is 0 Å². The van der Waals surface area contributed by atoms with Crippen LogP contribution >= 0.6 is 0 Å². The summed E-state index contributed by atoms with van der Waals surface area (Å²) in [5, 5.41) is 5.46. The van der Waals surface area contributed by atoms with Gasteiger partial charge in [0.25, 0.3) is 0 Å². The minimum Gasteiger partial charge on any atom is -0.492 e. The average molecular weight is 249 g/mol. The summed E-state index contributed by atoms with van der Waals surface area (Å²) in [6.45, 7) is 0.631. The number of nitrogens with one attached hydrogen (secondary N) is 2. The molecule has 1 fully saturated rings. The zero-order valence-corrected chi connectivity index (χ0v) is 10.1. The third-order valence-electron chi connectivity index (χ3n) is 2.66. The first kappa shape index (κ1) is 12.2. The SMILES string of the molecule is CNc1ccc(OCCN2C(=O)CNC2=O)cc1. The summed E-state index contributed by atoms with van der Waals surface area (Å²) in [5.41, 5.74) is 0.997. The highest BCUT2D eigenvalue weighted by atomic mass is 16.5. The Hall–Kier alpha value is -2.24. The van der Waals surface area contributed by atoms with Crippen molar-refractivity contribution in [1.29, 1.82) is 0 Å². The highest BCUT2D eigenvalue weighted by Gasteiger charge is 2.27. The van der Waals surface area contributed by atoms with E-state index in [4.69, 9.17) is 4.74 Å². The number of carbonyl (C=O) groups excluding carboxylic acids is 2. The van der Waals surface area contributed by atoms with Gasteiger partial charge in [-0.3, -0.25) is 9.69 Å². The number of ether oxygens (including phenoxy) is 1. The van der Waals surface area contributed by atoms with Crippen LogP contribution in [0.4, 0.5) is 10.5 Å². The van der Waals surface area contributed by atoms with E-state index in [2.05, 4.69) is 10.6 Å². The van der Waals surface area contributed by atoms with E-state index in [-0.39, 0.29) is 31.6 Å². The molecule has 0 saturated carbocycles. The molecule has 18 heavy (non-hydrogen) atoms. The van der Waals surface area contributed by atoms with E-state index in [0.29, 0.717) is 5.75 Å². The second kappa shape index (κ2) is 5.39. The van der Waals surface area contributed by atoms with Crippen LogP contribution in [-0.4, -0.2) is 43.6 Å². The van der Waals surface area contributed by atoms with Crippen molar-refractivity contribution in [2.75, 3.05) is 32.1 Å². The zero-order chi connectivity index (χ0) is 13.0. The first-order valence-corrected chi connectivity index (χ1v) is 5.69. The molecule has 96 valence electrons. The maximum atomic E-state index is 11.3. The summed E-state index contributed by atoms with van der Waals surface area (Å²) in [4.78, 5) is 23.7. The molecule has 2 N–H and O–H groups in total. The molecule has 1 aromatic rings. The Morgan fingerprint density at radius 2 is 2.06 bits per heavy atom.